The molecule has 1 fully saturated rings. The van der Waals surface area contributed by atoms with E-state index in [-0.39, 0.29) is 0 Å². The molecule has 1 saturated heterocycles. The smallest absolute Gasteiger partial charge is 0.0406 e. The fourth-order valence-corrected chi connectivity index (χ4v) is 2.75. The van der Waals surface area contributed by atoms with Gasteiger partial charge in [0.1, 0.15) is 0 Å². The average Bonchev–Trinajstić information content (AvgIpc) is 2.38. The topological polar surface area (TPSA) is 15.3 Å². The summed E-state index contributed by atoms with van der Waals surface area (Å²) in [4.78, 5) is 2.62. The molecule has 18 heavy (non-hydrogen) atoms. The van der Waals surface area contributed by atoms with Crippen molar-refractivity contribution < 1.29 is 0 Å². The lowest BCUT2D eigenvalue weighted by Crippen LogP contribution is -2.53. The highest BCUT2D eigenvalue weighted by Gasteiger charge is 2.24. The summed E-state index contributed by atoms with van der Waals surface area (Å²) in [6.45, 7) is 9.17. The van der Waals surface area contributed by atoms with E-state index < -0.39 is 0 Å². The lowest BCUT2D eigenvalue weighted by atomic mass is 10.00. The van der Waals surface area contributed by atoms with Crippen molar-refractivity contribution >= 4 is 11.6 Å². The fraction of sp³-hybridized carbons (Fsp3) is 0.600. The average molecular weight is 267 g/mol. The second-order valence-corrected chi connectivity index (χ2v) is 5.86. The largest absolute Gasteiger partial charge is 0.314 e. The van der Waals surface area contributed by atoms with Crippen molar-refractivity contribution in [3.05, 3.63) is 34.9 Å². The molecule has 0 saturated carbocycles. The summed E-state index contributed by atoms with van der Waals surface area (Å²) in [7, 11) is 0. The van der Waals surface area contributed by atoms with E-state index >= 15 is 0 Å². The first-order valence-electron chi connectivity index (χ1n) is 6.86. The maximum atomic E-state index is 5.91. The Morgan fingerprint density at radius 3 is 2.72 bits per heavy atom. The van der Waals surface area contributed by atoms with E-state index in [2.05, 4.69) is 36.2 Å². The first-order chi connectivity index (χ1) is 8.66. The van der Waals surface area contributed by atoms with Crippen molar-refractivity contribution in [2.75, 3.05) is 26.2 Å². The number of hydrogen-bond donors (Lipinski definition) is 1. The van der Waals surface area contributed by atoms with Crippen LogP contribution in [0.5, 0.6) is 0 Å². The standard InChI is InChI=1S/C15H23ClN2/c1-12(2)15-11-17-8-10-18(15)9-7-13-3-5-14(16)6-4-13/h3-6,12,15,17H,7-11H2,1-2H3. The molecule has 0 spiro atoms. The predicted octanol–water partition coefficient (Wildman–Crippen LogP) is 2.81. The van der Waals surface area contributed by atoms with Gasteiger partial charge in [0.2, 0.25) is 0 Å². The minimum absolute atomic E-state index is 0.672. The second kappa shape index (κ2) is 6.55. The van der Waals surface area contributed by atoms with E-state index in [1.807, 2.05) is 12.1 Å². The lowest BCUT2D eigenvalue weighted by Gasteiger charge is -2.38. The molecule has 1 N–H and O–H groups in total. The molecule has 1 aromatic rings. The summed E-state index contributed by atoms with van der Waals surface area (Å²) >= 11 is 5.91. The molecule has 1 aromatic carbocycles. The monoisotopic (exact) mass is 266 g/mol. The Morgan fingerprint density at radius 1 is 1.33 bits per heavy atom. The van der Waals surface area contributed by atoms with Crippen LogP contribution in [0.2, 0.25) is 5.02 Å². The number of halogens is 1. The summed E-state index contributed by atoms with van der Waals surface area (Å²) in [5.74, 6) is 0.711. The molecule has 2 rings (SSSR count). The van der Waals surface area contributed by atoms with Gasteiger partial charge in [0.25, 0.3) is 0 Å². The zero-order chi connectivity index (χ0) is 13.0. The number of piperazine rings is 1. The minimum Gasteiger partial charge on any atom is -0.314 e. The second-order valence-electron chi connectivity index (χ2n) is 5.43. The molecular formula is C15H23ClN2. The van der Waals surface area contributed by atoms with Crippen molar-refractivity contribution in [3.63, 3.8) is 0 Å². The summed E-state index contributed by atoms with van der Waals surface area (Å²) in [5, 5.41) is 4.31. The highest BCUT2D eigenvalue weighted by molar-refractivity contribution is 6.30. The molecule has 0 aliphatic carbocycles. The van der Waals surface area contributed by atoms with Gasteiger partial charge >= 0.3 is 0 Å². The lowest BCUT2D eigenvalue weighted by molar-refractivity contribution is 0.126. The summed E-state index contributed by atoms with van der Waals surface area (Å²) in [5.41, 5.74) is 1.38. The molecule has 1 aliphatic rings. The summed E-state index contributed by atoms with van der Waals surface area (Å²) < 4.78 is 0. The third kappa shape index (κ3) is 3.71. The van der Waals surface area contributed by atoms with E-state index in [9.17, 15) is 0 Å². The number of hydrogen-bond acceptors (Lipinski definition) is 2. The van der Waals surface area contributed by atoms with Gasteiger partial charge in [-0.3, -0.25) is 4.90 Å². The van der Waals surface area contributed by atoms with E-state index in [0.29, 0.717) is 12.0 Å². The van der Waals surface area contributed by atoms with Crippen molar-refractivity contribution in [2.45, 2.75) is 26.3 Å². The SMILES string of the molecule is CC(C)C1CNCCN1CCc1ccc(Cl)cc1. The Labute approximate surface area is 115 Å². The van der Waals surface area contributed by atoms with Gasteiger partial charge in [0, 0.05) is 37.2 Å². The van der Waals surface area contributed by atoms with Crippen LogP contribution in [0.25, 0.3) is 0 Å². The van der Waals surface area contributed by atoms with Crippen LogP contribution < -0.4 is 5.32 Å². The maximum absolute atomic E-state index is 5.91. The van der Waals surface area contributed by atoms with Crippen LogP contribution in [-0.4, -0.2) is 37.1 Å². The van der Waals surface area contributed by atoms with Crippen LogP contribution in [0, 0.1) is 5.92 Å². The molecule has 3 heteroatoms. The van der Waals surface area contributed by atoms with Crippen LogP contribution in [0.15, 0.2) is 24.3 Å². The zero-order valence-corrected chi connectivity index (χ0v) is 12.1. The van der Waals surface area contributed by atoms with Crippen LogP contribution in [0.1, 0.15) is 19.4 Å². The number of rotatable bonds is 4. The predicted molar refractivity (Wildman–Crippen MR) is 78.2 cm³/mol. The van der Waals surface area contributed by atoms with Crippen LogP contribution >= 0.6 is 11.6 Å². The Bertz CT molecular complexity index is 361. The van der Waals surface area contributed by atoms with Crippen molar-refractivity contribution in [1.82, 2.24) is 10.2 Å². The fourth-order valence-electron chi connectivity index (χ4n) is 2.63. The highest BCUT2D eigenvalue weighted by Crippen LogP contribution is 2.15. The number of nitrogens with zero attached hydrogens (tertiary/aromatic N) is 1. The number of benzene rings is 1. The van der Waals surface area contributed by atoms with Gasteiger partial charge in [0.05, 0.1) is 0 Å². The van der Waals surface area contributed by atoms with E-state index in [1.165, 1.54) is 5.56 Å². The molecule has 0 bridgehead atoms. The summed E-state index contributed by atoms with van der Waals surface area (Å²) in [6.07, 6.45) is 1.11. The zero-order valence-electron chi connectivity index (χ0n) is 11.3. The van der Waals surface area contributed by atoms with Gasteiger partial charge in [-0.05, 0) is 30.0 Å². The van der Waals surface area contributed by atoms with Crippen molar-refractivity contribution in [1.29, 1.82) is 0 Å². The molecule has 1 heterocycles. The third-order valence-electron chi connectivity index (χ3n) is 3.77. The Balaban J connectivity index is 1.89. The first kappa shape index (κ1) is 13.9. The van der Waals surface area contributed by atoms with Gasteiger partial charge in [0.15, 0.2) is 0 Å². The maximum Gasteiger partial charge on any atom is 0.0406 e. The minimum atomic E-state index is 0.672. The van der Waals surface area contributed by atoms with Gasteiger partial charge in [-0.1, -0.05) is 37.6 Å². The van der Waals surface area contributed by atoms with Gasteiger partial charge in [-0.2, -0.15) is 0 Å². The molecule has 100 valence electrons. The van der Waals surface area contributed by atoms with E-state index in [4.69, 9.17) is 11.6 Å². The highest BCUT2D eigenvalue weighted by atomic mass is 35.5. The molecule has 2 nitrogen and oxygen atoms in total. The molecule has 0 radical (unpaired) electrons. The van der Waals surface area contributed by atoms with Gasteiger partial charge in [-0.25, -0.2) is 0 Å². The Kier molecular flexibility index (Phi) is 5.04. The molecular weight excluding hydrogens is 244 g/mol. The quantitative estimate of drug-likeness (QED) is 0.902. The van der Waals surface area contributed by atoms with Gasteiger partial charge in [-0.15, -0.1) is 0 Å². The van der Waals surface area contributed by atoms with E-state index in [1.54, 1.807) is 0 Å². The molecule has 0 aromatic heterocycles. The van der Waals surface area contributed by atoms with Crippen molar-refractivity contribution in [3.8, 4) is 0 Å². The van der Waals surface area contributed by atoms with Gasteiger partial charge < -0.3 is 5.32 Å². The third-order valence-corrected chi connectivity index (χ3v) is 4.02. The normalized spacial score (nSPS) is 21.4. The Hall–Kier alpha value is -0.570. The number of nitrogens with one attached hydrogen (secondary N) is 1. The summed E-state index contributed by atoms with van der Waals surface area (Å²) in [6, 6.07) is 8.90. The first-order valence-corrected chi connectivity index (χ1v) is 7.24. The van der Waals surface area contributed by atoms with Crippen molar-refractivity contribution in [2.24, 2.45) is 5.92 Å². The molecule has 1 atom stereocenters. The molecule has 1 unspecified atom stereocenters. The Morgan fingerprint density at radius 2 is 2.06 bits per heavy atom. The van der Waals surface area contributed by atoms with Crippen LogP contribution in [-0.2, 0) is 6.42 Å². The molecule has 0 amide bonds. The van der Waals surface area contributed by atoms with E-state index in [0.717, 1.165) is 37.6 Å². The van der Waals surface area contributed by atoms with Crippen LogP contribution in [0.4, 0.5) is 0 Å². The van der Waals surface area contributed by atoms with Crippen LogP contribution in [0.3, 0.4) is 0 Å². The molecule has 1 aliphatic heterocycles.